The zero-order valence-corrected chi connectivity index (χ0v) is 8.68. The first-order valence-corrected chi connectivity index (χ1v) is 4.32. The normalized spacial score (nSPS) is 13.2. The number of hydrogen-bond acceptors (Lipinski definition) is 2. The Labute approximate surface area is 85.4 Å². The van der Waals surface area contributed by atoms with E-state index < -0.39 is 24.0 Å². The minimum absolute atomic E-state index is 0.366. The highest BCUT2D eigenvalue weighted by atomic mass is 19.4. The van der Waals surface area contributed by atoms with Gasteiger partial charge in [-0.25, -0.2) is 0 Å². The van der Waals surface area contributed by atoms with Gasteiger partial charge in [0.05, 0.1) is 0 Å². The molecule has 1 unspecified atom stereocenters. The van der Waals surface area contributed by atoms with Crippen molar-refractivity contribution in [1.29, 1.82) is 0 Å². The molecule has 2 amide bonds. The Morgan fingerprint density at radius 3 is 2.20 bits per heavy atom. The molecule has 1 N–H and O–H groups in total. The number of carbonyl (C=O) groups is 2. The lowest BCUT2D eigenvalue weighted by molar-refractivity contribution is -0.174. The van der Waals surface area contributed by atoms with Crippen molar-refractivity contribution in [3.05, 3.63) is 0 Å². The van der Waals surface area contributed by atoms with Crippen LogP contribution in [0, 0.1) is 0 Å². The average molecular weight is 226 g/mol. The molecule has 0 fully saturated rings. The molecular weight excluding hydrogens is 213 g/mol. The van der Waals surface area contributed by atoms with E-state index in [0.717, 1.165) is 0 Å². The summed E-state index contributed by atoms with van der Waals surface area (Å²) < 4.78 is 35.5. The predicted molar refractivity (Wildman–Crippen MR) is 47.0 cm³/mol. The van der Waals surface area contributed by atoms with Gasteiger partial charge in [-0.2, -0.15) is 13.2 Å². The molecule has 1 atom stereocenters. The molecule has 15 heavy (non-hydrogen) atoms. The molecule has 0 saturated heterocycles. The van der Waals surface area contributed by atoms with E-state index in [9.17, 15) is 22.8 Å². The first kappa shape index (κ1) is 13.7. The Balaban J connectivity index is 4.32. The monoisotopic (exact) mass is 226 g/mol. The summed E-state index contributed by atoms with van der Waals surface area (Å²) in [6.45, 7) is 3.25. The highest BCUT2D eigenvalue weighted by Crippen LogP contribution is 2.14. The molecule has 88 valence electrons. The van der Waals surface area contributed by atoms with Crippen LogP contribution in [-0.4, -0.2) is 42.5 Å². The molecule has 0 heterocycles. The zero-order valence-electron chi connectivity index (χ0n) is 8.68. The van der Waals surface area contributed by atoms with Crippen LogP contribution in [0.2, 0.25) is 0 Å². The molecule has 0 aliphatic heterocycles. The smallest absolute Gasteiger partial charge is 0.344 e. The third kappa shape index (κ3) is 4.18. The molecule has 0 aliphatic rings. The predicted octanol–water partition coefficient (Wildman–Crippen LogP) is 0.532. The second-order valence-corrected chi connectivity index (χ2v) is 3.05. The third-order valence-electron chi connectivity index (χ3n) is 1.83. The van der Waals surface area contributed by atoms with Crippen molar-refractivity contribution in [3.63, 3.8) is 0 Å². The molecule has 7 heteroatoms. The van der Waals surface area contributed by atoms with Crippen molar-refractivity contribution in [2.75, 3.05) is 13.6 Å². The molecule has 0 aromatic rings. The number of rotatable bonds is 3. The molecule has 0 aromatic heterocycles. The van der Waals surface area contributed by atoms with Crippen LogP contribution >= 0.6 is 0 Å². The number of amides is 2. The summed E-state index contributed by atoms with van der Waals surface area (Å²) in [4.78, 5) is 23.0. The molecule has 4 nitrogen and oxygen atoms in total. The zero-order chi connectivity index (χ0) is 12.2. The van der Waals surface area contributed by atoms with Crippen LogP contribution in [0.4, 0.5) is 13.2 Å². The van der Waals surface area contributed by atoms with Gasteiger partial charge in [-0.1, -0.05) is 0 Å². The molecular formula is C8H13F3N2O2. The maximum atomic E-state index is 11.8. The highest BCUT2D eigenvalue weighted by Gasteiger charge is 2.40. The second kappa shape index (κ2) is 4.99. The Kier molecular flexibility index (Phi) is 4.57. The number of hydrogen-bond donors (Lipinski definition) is 1. The van der Waals surface area contributed by atoms with Crippen molar-refractivity contribution in [3.8, 4) is 0 Å². The van der Waals surface area contributed by atoms with Crippen LogP contribution in [0.1, 0.15) is 13.8 Å². The summed E-state index contributed by atoms with van der Waals surface area (Å²) >= 11 is 0. The van der Waals surface area contributed by atoms with Gasteiger partial charge in [0.2, 0.25) is 5.91 Å². The van der Waals surface area contributed by atoms with E-state index in [1.54, 1.807) is 12.2 Å². The summed E-state index contributed by atoms with van der Waals surface area (Å²) in [6, 6.07) is -1.18. The lowest BCUT2D eigenvalue weighted by atomic mass is 10.3. The van der Waals surface area contributed by atoms with Crippen molar-refractivity contribution in [2.45, 2.75) is 26.1 Å². The van der Waals surface area contributed by atoms with Crippen molar-refractivity contribution >= 4 is 11.8 Å². The van der Waals surface area contributed by atoms with Gasteiger partial charge in [0, 0.05) is 13.6 Å². The molecule has 0 aliphatic carbocycles. The fourth-order valence-corrected chi connectivity index (χ4v) is 0.827. The molecule has 0 spiro atoms. The quantitative estimate of drug-likeness (QED) is 0.763. The largest absolute Gasteiger partial charge is 0.471 e. The Bertz CT molecular complexity index is 253. The van der Waals surface area contributed by atoms with Crippen molar-refractivity contribution in [1.82, 2.24) is 10.2 Å². The van der Waals surface area contributed by atoms with Gasteiger partial charge < -0.3 is 10.2 Å². The lowest BCUT2D eigenvalue weighted by Gasteiger charge is -2.20. The van der Waals surface area contributed by atoms with Gasteiger partial charge in [-0.15, -0.1) is 0 Å². The van der Waals surface area contributed by atoms with Crippen LogP contribution < -0.4 is 5.32 Å². The molecule has 0 aromatic carbocycles. The van der Waals surface area contributed by atoms with Crippen LogP contribution in [0.3, 0.4) is 0 Å². The Morgan fingerprint density at radius 1 is 1.40 bits per heavy atom. The van der Waals surface area contributed by atoms with Crippen LogP contribution in [-0.2, 0) is 9.59 Å². The maximum Gasteiger partial charge on any atom is 0.471 e. The van der Waals surface area contributed by atoms with E-state index in [2.05, 4.69) is 0 Å². The molecule has 0 rings (SSSR count). The first-order valence-electron chi connectivity index (χ1n) is 4.32. The van der Waals surface area contributed by atoms with Crippen molar-refractivity contribution < 1.29 is 22.8 Å². The molecule has 0 bridgehead atoms. The van der Waals surface area contributed by atoms with Crippen molar-refractivity contribution in [2.24, 2.45) is 0 Å². The average Bonchev–Trinajstić information content (AvgIpc) is 2.13. The first-order chi connectivity index (χ1) is 6.70. The highest BCUT2D eigenvalue weighted by molar-refractivity contribution is 5.89. The van der Waals surface area contributed by atoms with Crippen LogP contribution in [0.5, 0.6) is 0 Å². The van der Waals surface area contributed by atoms with Gasteiger partial charge >= 0.3 is 12.1 Å². The molecule has 0 saturated carbocycles. The Hall–Kier alpha value is -1.27. The Morgan fingerprint density at radius 2 is 1.87 bits per heavy atom. The van der Waals surface area contributed by atoms with E-state index in [1.807, 2.05) is 0 Å². The summed E-state index contributed by atoms with van der Waals surface area (Å²) in [5.41, 5.74) is 0. The standard InChI is InChI=1S/C8H13F3N2O2/c1-4-13(3)6(14)5(2)12-7(15)8(9,10)11/h5H,4H2,1-3H3,(H,12,15). The number of likely N-dealkylation sites (N-methyl/N-ethyl adjacent to an activating group) is 1. The molecule has 0 radical (unpaired) electrons. The number of carbonyl (C=O) groups excluding carboxylic acids is 2. The number of alkyl halides is 3. The minimum Gasteiger partial charge on any atom is -0.344 e. The number of halogens is 3. The van der Waals surface area contributed by atoms with E-state index in [4.69, 9.17) is 0 Å². The third-order valence-corrected chi connectivity index (χ3v) is 1.83. The number of nitrogens with one attached hydrogen (secondary N) is 1. The van der Waals surface area contributed by atoms with E-state index in [0.29, 0.717) is 6.54 Å². The van der Waals surface area contributed by atoms with Crippen LogP contribution in [0.25, 0.3) is 0 Å². The summed E-state index contributed by atoms with van der Waals surface area (Å²) in [5, 5.41) is 1.58. The topological polar surface area (TPSA) is 49.4 Å². The minimum atomic E-state index is -4.96. The summed E-state index contributed by atoms with van der Waals surface area (Å²) in [6.07, 6.45) is -4.96. The lowest BCUT2D eigenvalue weighted by Crippen LogP contribution is -2.49. The van der Waals surface area contributed by atoms with E-state index in [-0.39, 0.29) is 0 Å². The second-order valence-electron chi connectivity index (χ2n) is 3.05. The fraction of sp³-hybridized carbons (Fsp3) is 0.750. The van der Waals surface area contributed by atoms with Gasteiger partial charge in [-0.3, -0.25) is 9.59 Å². The number of nitrogens with zero attached hydrogens (tertiary/aromatic N) is 1. The van der Waals surface area contributed by atoms with Gasteiger partial charge in [0.1, 0.15) is 6.04 Å². The fourth-order valence-electron chi connectivity index (χ4n) is 0.827. The van der Waals surface area contributed by atoms with E-state index in [1.165, 1.54) is 18.9 Å². The van der Waals surface area contributed by atoms with Crippen LogP contribution in [0.15, 0.2) is 0 Å². The summed E-state index contributed by atoms with van der Waals surface area (Å²) in [7, 11) is 1.44. The van der Waals surface area contributed by atoms with Gasteiger partial charge in [0.15, 0.2) is 0 Å². The van der Waals surface area contributed by atoms with E-state index >= 15 is 0 Å². The van der Waals surface area contributed by atoms with Gasteiger partial charge in [0.25, 0.3) is 0 Å². The SMILES string of the molecule is CCN(C)C(=O)C(C)NC(=O)C(F)(F)F. The summed E-state index contributed by atoms with van der Waals surface area (Å²) in [5.74, 6) is -2.66. The maximum absolute atomic E-state index is 11.8. The van der Waals surface area contributed by atoms with Gasteiger partial charge in [-0.05, 0) is 13.8 Å².